The van der Waals surface area contributed by atoms with Gasteiger partial charge >= 0.3 is 0 Å². The van der Waals surface area contributed by atoms with Crippen LogP contribution in [-0.4, -0.2) is 61.7 Å². The van der Waals surface area contributed by atoms with Crippen molar-refractivity contribution in [2.75, 3.05) is 50.8 Å². The molecule has 0 spiro atoms. The third kappa shape index (κ3) is 6.46. The average molecular weight is 397 g/mol. The molecule has 0 unspecified atom stereocenters. The number of benzene rings is 1. The maximum Gasteiger partial charge on any atom is 0.234 e. The van der Waals surface area contributed by atoms with Crippen LogP contribution in [0.3, 0.4) is 0 Å². The summed E-state index contributed by atoms with van der Waals surface area (Å²) >= 11 is 0. The molecule has 0 aliphatic carbocycles. The summed E-state index contributed by atoms with van der Waals surface area (Å²) in [7, 11) is 0. The van der Waals surface area contributed by atoms with Crippen LogP contribution in [0.5, 0.6) is 5.75 Å². The molecule has 1 aliphatic rings. The van der Waals surface area contributed by atoms with Gasteiger partial charge in [-0.3, -0.25) is 9.69 Å². The van der Waals surface area contributed by atoms with Crippen LogP contribution in [0.1, 0.15) is 26.3 Å². The first-order valence-electron chi connectivity index (χ1n) is 10.3. The van der Waals surface area contributed by atoms with E-state index in [1.807, 2.05) is 36.5 Å². The molecule has 0 atom stereocenters. The second-order valence-electron chi connectivity index (χ2n) is 8.42. The Balaban J connectivity index is 1.31. The van der Waals surface area contributed by atoms with Crippen molar-refractivity contribution in [3.63, 3.8) is 0 Å². The molecule has 2 aromatic rings. The first-order chi connectivity index (χ1) is 13.9. The Bertz CT molecular complexity index is 764. The van der Waals surface area contributed by atoms with Crippen LogP contribution in [-0.2, 0) is 10.2 Å². The van der Waals surface area contributed by atoms with E-state index in [1.54, 1.807) is 0 Å². The summed E-state index contributed by atoms with van der Waals surface area (Å²) in [6.07, 6.45) is 1.82. The highest BCUT2D eigenvalue weighted by Crippen LogP contribution is 2.24. The number of ether oxygens (including phenoxy) is 1. The van der Waals surface area contributed by atoms with Gasteiger partial charge in [-0.1, -0.05) is 39.0 Å². The molecular formula is C23H32N4O2. The topological polar surface area (TPSA) is 57.7 Å². The van der Waals surface area contributed by atoms with Crippen molar-refractivity contribution in [1.82, 2.24) is 15.2 Å². The molecule has 3 rings (SSSR count). The van der Waals surface area contributed by atoms with E-state index in [1.165, 1.54) is 5.56 Å². The van der Waals surface area contributed by atoms with Gasteiger partial charge in [0.1, 0.15) is 18.2 Å². The van der Waals surface area contributed by atoms with Crippen LogP contribution in [0.2, 0.25) is 0 Å². The summed E-state index contributed by atoms with van der Waals surface area (Å²) < 4.78 is 5.74. The molecule has 1 saturated heterocycles. The van der Waals surface area contributed by atoms with Gasteiger partial charge in [0.15, 0.2) is 0 Å². The van der Waals surface area contributed by atoms with Crippen molar-refractivity contribution >= 4 is 11.7 Å². The van der Waals surface area contributed by atoms with E-state index >= 15 is 0 Å². The van der Waals surface area contributed by atoms with Gasteiger partial charge in [0, 0.05) is 32.4 Å². The molecule has 1 fully saturated rings. The van der Waals surface area contributed by atoms with Crippen molar-refractivity contribution in [2.24, 2.45) is 0 Å². The van der Waals surface area contributed by atoms with Gasteiger partial charge in [-0.05, 0) is 35.2 Å². The number of anilines is 1. The lowest BCUT2D eigenvalue weighted by Crippen LogP contribution is -2.50. The summed E-state index contributed by atoms with van der Waals surface area (Å²) in [4.78, 5) is 21.0. The van der Waals surface area contributed by atoms with Crippen LogP contribution < -0.4 is 15.0 Å². The van der Waals surface area contributed by atoms with E-state index < -0.39 is 0 Å². The van der Waals surface area contributed by atoms with E-state index in [2.05, 4.69) is 53.0 Å². The van der Waals surface area contributed by atoms with Gasteiger partial charge in [-0.2, -0.15) is 0 Å². The third-order valence-electron chi connectivity index (χ3n) is 5.13. The molecule has 29 heavy (non-hydrogen) atoms. The van der Waals surface area contributed by atoms with Gasteiger partial charge in [0.25, 0.3) is 0 Å². The molecule has 1 N–H and O–H groups in total. The van der Waals surface area contributed by atoms with Crippen molar-refractivity contribution < 1.29 is 9.53 Å². The number of amides is 1. The standard InChI is InChI=1S/C23H32N4O2/c1-23(2,3)19-7-9-20(10-8-19)29-17-12-25-22(28)18-26-13-15-27(16-14-26)21-6-4-5-11-24-21/h4-11H,12-18H2,1-3H3,(H,25,28). The Morgan fingerprint density at radius 2 is 1.79 bits per heavy atom. The van der Waals surface area contributed by atoms with Gasteiger partial charge < -0.3 is 15.0 Å². The highest BCUT2D eigenvalue weighted by atomic mass is 16.5. The number of hydrogen-bond donors (Lipinski definition) is 1. The van der Waals surface area contributed by atoms with Gasteiger partial charge in [-0.25, -0.2) is 4.98 Å². The summed E-state index contributed by atoms with van der Waals surface area (Å²) in [6, 6.07) is 14.1. The molecule has 0 saturated carbocycles. The molecule has 0 radical (unpaired) electrons. The lowest BCUT2D eigenvalue weighted by Gasteiger charge is -2.34. The summed E-state index contributed by atoms with van der Waals surface area (Å²) in [5.41, 5.74) is 1.41. The number of pyridine rings is 1. The fraction of sp³-hybridized carbons (Fsp3) is 0.478. The van der Waals surface area contributed by atoms with Crippen LogP contribution in [0.25, 0.3) is 0 Å². The number of carbonyl (C=O) groups excluding carboxylic acids is 1. The van der Waals surface area contributed by atoms with Crippen LogP contribution in [0.15, 0.2) is 48.7 Å². The second kappa shape index (κ2) is 9.74. The Hall–Kier alpha value is -2.60. The van der Waals surface area contributed by atoms with E-state index in [0.717, 1.165) is 37.7 Å². The maximum atomic E-state index is 12.2. The normalized spacial score (nSPS) is 15.2. The summed E-state index contributed by atoms with van der Waals surface area (Å²) in [5, 5.41) is 2.95. The highest BCUT2D eigenvalue weighted by Gasteiger charge is 2.19. The lowest BCUT2D eigenvalue weighted by molar-refractivity contribution is -0.122. The molecule has 1 aromatic heterocycles. The molecule has 6 heteroatoms. The third-order valence-corrected chi connectivity index (χ3v) is 5.13. The van der Waals surface area contributed by atoms with Crippen molar-refractivity contribution in [2.45, 2.75) is 26.2 Å². The van der Waals surface area contributed by atoms with Crippen molar-refractivity contribution in [3.05, 3.63) is 54.2 Å². The number of hydrogen-bond acceptors (Lipinski definition) is 5. The predicted molar refractivity (Wildman–Crippen MR) is 117 cm³/mol. The second-order valence-corrected chi connectivity index (χ2v) is 8.42. The minimum atomic E-state index is 0.0444. The zero-order valence-electron chi connectivity index (χ0n) is 17.7. The number of nitrogens with one attached hydrogen (secondary N) is 1. The molecule has 6 nitrogen and oxygen atoms in total. The predicted octanol–water partition coefficient (Wildman–Crippen LogP) is 2.70. The Labute approximate surface area is 173 Å². The zero-order chi connectivity index (χ0) is 20.7. The molecule has 156 valence electrons. The average Bonchev–Trinajstić information content (AvgIpc) is 2.72. The van der Waals surface area contributed by atoms with Crippen molar-refractivity contribution in [3.8, 4) is 5.75 Å². The molecule has 1 aliphatic heterocycles. The van der Waals surface area contributed by atoms with Crippen molar-refractivity contribution in [1.29, 1.82) is 0 Å². The number of piperazine rings is 1. The molecule has 1 aromatic carbocycles. The monoisotopic (exact) mass is 396 g/mol. The van der Waals surface area contributed by atoms with Gasteiger partial charge in [0.05, 0.1) is 13.1 Å². The minimum Gasteiger partial charge on any atom is -0.492 e. The first kappa shape index (κ1) is 21.1. The quantitative estimate of drug-likeness (QED) is 0.730. The number of aromatic nitrogens is 1. The van der Waals surface area contributed by atoms with Gasteiger partial charge in [0.2, 0.25) is 5.91 Å². The van der Waals surface area contributed by atoms with Crippen LogP contribution >= 0.6 is 0 Å². The molecule has 2 heterocycles. The highest BCUT2D eigenvalue weighted by molar-refractivity contribution is 5.78. The largest absolute Gasteiger partial charge is 0.492 e. The van der Waals surface area contributed by atoms with Crippen LogP contribution in [0.4, 0.5) is 5.82 Å². The minimum absolute atomic E-state index is 0.0444. The Morgan fingerprint density at radius 1 is 1.07 bits per heavy atom. The SMILES string of the molecule is CC(C)(C)c1ccc(OCCNC(=O)CN2CCN(c3ccccn3)CC2)cc1. The number of nitrogens with zero attached hydrogens (tertiary/aromatic N) is 3. The lowest BCUT2D eigenvalue weighted by atomic mass is 9.87. The first-order valence-corrected chi connectivity index (χ1v) is 10.3. The van der Waals surface area contributed by atoms with Crippen LogP contribution in [0, 0.1) is 0 Å². The number of carbonyl (C=O) groups is 1. The van der Waals surface area contributed by atoms with E-state index in [0.29, 0.717) is 19.7 Å². The fourth-order valence-corrected chi connectivity index (χ4v) is 3.35. The Kier molecular flexibility index (Phi) is 7.09. The fourth-order valence-electron chi connectivity index (χ4n) is 3.35. The zero-order valence-corrected chi connectivity index (χ0v) is 17.7. The summed E-state index contributed by atoms with van der Waals surface area (Å²) in [6.45, 7) is 11.5. The number of rotatable bonds is 7. The maximum absolute atomic E-state index is 12.2. The molecule has 0 bridgehead atoms. The smallest absolute Gasteiger partial charge is 0.234 e. The summed E-state index contributed by atoms with van der Waals surface area (Å²) in [5.74, 6) is 1.88. The Morgan fingerprint density at radius 3 is 2.41 bits per heavy atom. The molecular weight excluding hydrogens is 364 g/mol. The van der Waals surface area contributed by atoms with E-state index in [9.17, 15) is 4.79 Å². The van der Waals surface area contributed by atoms with E-state index in [-0.39, 0.29) is 11.3 Å². The van der Waals surface area contributed by atoms with E-state index in [4.69, 9.17) is 4.74 Å². The molecule has 1 amide bonds. The van der Waals surface area contributed by atoms with Gasteiger partial charge in [-0.15, -0.1) is 0 Å².